The summed E-state index contributed by atoms with van der Waals surface area (Å²) >= 11 is 1.92. The van der Waals surface area contributed by atoms with Crippen molar-refractivity contribution in [3.05, 3.63) is 12.1 Å². The van der Waals surface area contributed by atoms with Crippen LogP contribution in [0.4, 0.5) is 10.5 Å². The van der Waals surface area contributed by atoms with Crippen LogP contribution >= 0.6 is 11.8 Å². The molecule has 25 heavy (non-hydrogen) atoms. The zero-order chi connectivity index (χ0) is 18.0. The molecule has 2 heterocycles. The van der Waals surface area contributed by atoms with Gasteiger partial charge in [0.15, 0.2) is 11.5 Å². The Labute approximate surface area is 153 Å². The van der Waals surface area contributed by atoms with E-state index in [1.165, 1.54) is 0 Å². The summed E-state index contributed by atoms with van der Waals surface area (Å²) in [5.74, 6) is 1.58. The van der Waals surface area contributed by atoms with Crippen LogP contribution in [-0.2, 0) is 0 Å². The number of hydrogen-bond acceptors (Lipinski definition) is 5. The molecule has 138 valence electrons. The number of carbonyl (C=O) groups is 1. The molecule has 1 aromatic rings. The topological polar surface area (TPSA) is 60.0 Å². The summed E-state index contributed by atoms with van der Waals surface area (Å²) in [6.45, 7) is 0. The second kappa shape index (κ2) is 7.64. The highest BCUT2D eigenvalue weighted by atomic mass is 32.2. The molecule has 2 bridgehead atoms. The minimum atomic E-state index is -0.0404. The van der Waals surface area contributed by atoms with Gasteiger partial charge in [-0.1, -0.05) is 0 Å². The summed E-state index contributed by atoms with van der Waals surface area (Å²) in [7, 11) is 4.69. The number of carbonyl (C=O) groups excluding carboxylic acids is 1. The number of fused-ring (bicyclic) bond motifs is 2. The van der Waals surface area contributed by atoms with Crippen LogP contribution in [-0.4, -0.2) is 55.8 Å². The van der Waals surface area contributed by atoms with Crippen molar-refractivity contribution < 1.29 is 19.0 Å². The number of benzene rings is 1. The summed E-state index contributed by atoms with van der Waals surface area (Å²) in [6.07, 6.45) is 6.53. The third-order valence-corrected chi connectivity index (χ3v) is 6.23. The van der Waals surface area contributed by atoms with Crippen LogP contribution in [0.3, 0.4) is 0 Å². The average Bonchev–Trinajstić information content (AvgIpc) is 2.90. The summed E-state index contributed by atoms with van der Waals surface area (Å²) in [4.78, 5) is 14.9. The van der Waals surface area contributed by atoms with Gasteiger partial charge >= 0.3 is 6.03 Å². The van der Waals surface area contributed by atoms with Crippen molar-refractivity contribution in [2.75, 3.05) is 32.9 Å². The molecule has 1 aromatic carbocycles. The van der Waals surface area contributed by atoms with Crippen LogP contribution in [0, 0.1) is 0 Å². The van der Waals surface area contributed by atoms with Gasteiger partial charge in [-0.05, 0) is 31.9 Å². The predicted molar refractivity (Wildman–Crippen MR) is 100 cm³/mol. The summed E-state index contributed by atoms with van der Waals surface area (Å²) in [5.41, 5.74) is 0.644. The van der Waals surface area contributed by atoms with Crippen molar-refractivity contribution in [1.29, 1.82) is 0 Å². The number of thioether (sulfide) groups is 1. The molecular weight excluding hydrogens is 340 g/mol. The van der Waals surface area contributed by atoms with E-state index in [1.54, 1.807) is 33.5 Å². The van der Waals surface area contributed by atoms with Crippen LogP contribution in [0.2, 0.25) is 0 Å². The number of piperidine rings is 1. The van der Waals surface area contributed by atoms with E-state index in [4.69, 9.17) is 14.2 Å². The highest BCUT2D eigenvalue weighted by molar-refractivity contribution is 7.99. The Bertz CT molecular complexity index is 600. The van der Waals surface area contributed by atoms with E-state index in [0.717, 1.165) is 25.7 Å². The van der Waals surface area contributed by atoms with Gasteiger partial charge in [-0.15, -0.1) is 0 Å². The van der Waals surface area contributed by atoms with Crippen molar-refractivity contribution in [1.82, 2.24) is 4.90 Å². The number of hydrogen-bond donors (Lipinski definition) is 1. The summed E-state index contributed by atoms with van der Waals surface area (Å²) in [6, 6.07) is 4.17. The number of rotatable bonds is 5. The van der Waals surface area contributed by atoms with E-state index in [2.05, 4.69) is 11.6 Å². The predicted octanol–water partition coefficient (Wildman–Crippen LogP) is 3.60. The molecule has 7 heteroatoms. The maximum absolute atomic E-state index is 12.9. The quantitative estimate of drug-likeness (QED) is 0.863. The van der Waals surface area contributed by atoms with Gasteiger partial charge < -0.3 is 24.4 Å². The molecule has 2 unspecified atom stereocenters. The fourth-order valence-corrected chi connectivity index (χ4v) is 4.82. The number of urea groups is 1. The summed E-state index contributed by atoms with van der Waals surface area (Å²) in [5, 5.41) is 3.68. The van der Waals surface area contributed by atoms with Gasteiger partial charge in [-0.3, -0.25) is 0 Å². The Morgan fingerprint density at radius 2 is 1.64 bits per heavy atom. The number of amides is 2. The van der Waals surface area contributed by atoms with E-state index in [1.807, 2.05) is 16.7 Å². The lowest BCUT2D eigenvalue weighted by Gasteiger charge is -2.38. The SMILES string of the molecule is COc1cc(NC(=O)N2C3CCC2CC(SC)C3)cc(OC)c1OC. The first kappa shape index (κ1) is 18.0. The fourth-order valence-electron chi connectivity index (χ4n) is 3.99. The monoisotopic (exact) mass is 366 g/mol. The molecular formula is C18H26N2O4S. The minimum Gasteiger partial charge on any atom is -0.493 e. The first-order valence-corrected chi connectivity index (χ1v) is 9.82. The van der Waals surface area contributed by atoms with Crippen LogP contribution in [0.25, 0.3) is 0 Å². The molecule has 0 aliphatic carbocycles. The van der Waals surface area contributed by atoms with Gasteiger partial charge in [0, 0.05) is 29.5 Å². The Hall–Kier alpha value is -1.76. The van der Waals surface area contributed by atoms with Crippen molar-refractivity contribution in [2.24, 2.45) is 0 Å². The largest absolute Gasteiger partial charge is 0.493 e. The molecule has 2 atom stereocenters. The highest BCUT2D eigenvalue weighted by Crippen LogP contribution is 2.42. The lowest BCUT2D eigenvalue weighted by atomic mass is 10.0. The van der Waals surface area contributed by atoms with E-state index in [-0.39, 0.29) is 6.03 Å². The minimum absolute atomic E-state index is 0.0404. The molecule has 2 aliphatic rings. The second-order valence-corrected chi connectivity index (χ2v) is 7.60. The molecule has 2 saturated heterocycles. The molecule has 3 rings (SSSR count). The van der Waals surface area contributed by atoms with E-state index in [9.17, 15) is 4.79 Å². The molecule has 2 amide bonds. The Morgan fingerprint density at radius 1 is 1.08 bits per heavy atom. The molecule has 1 N–H and O–H groups in total. The normalized spacial score (nSPS) is 24.8. The van der Waals surface area contributed by atoms with Crippen molar-refractivity contribution in [3.63, 3.8) is 0 Å². The number of anilines is 1. The third-order valence-electron chi connectivity index (χ3n) is 5.17. The van der Waals surface area contributed by atoms with Crippen LogP contribution in [0.1, 0.15) is 25.7 Å². The third kappa shape index (κ3) is 3.47. The van der Waals surface area contributed by atoms with Crippen LogP contribution < -0.4 is 19.5 Å². The van der Waals surface area contributed by atoms with Crippen LogP contribution in [0.5, 0.6) is 17.2 Å². The summed E-state index contributed by atoms with van der Waals surface area (Å²) < 4.78 is 16.0. The molecule has 2 aliphatic heterocycles. The zero-order valence-corrected chi connectivity index (χ0v) is 16.0. The molecule has 2 fully saturated rings. The molecule has 6 nitrogen and oxygen atoms in total. The number of methoxy groups -OCH3 is 3. The van der Waals surface area contributed by atoms with Gasteiger partial charge in [0.05, 0.1) is 27.0 Å². The Balaban J connectivity index is 1.77. The van der Waals surface area contributed by atoms with Crippen molar-refractivity contribution in [3.8, 4) is 17.2 Å². The highest BCUT2D eigenvalue weighted by Gasteiger charge is 2.43. The van der Waals surface area contributed by atoms with Crippen molar-refractivity contribution >= 4 is 23.5 Å². The van der Waals surface area contributed by atoms with Gasteiger partial charge in [-0.25, -0.2) is 4.79 Å². The first-order valence-electron chi connectivity index (χ1n) is 8.53. The molecule has 0 saturated carbocycles. The van der Waals surface area contributed by atoms with E-state index >= 15 is 0 Å². The van der Waals surface area contributed by atoms with Gasteiger partial charge in [0.25, 0.3) is 0 Å². The van der Waals surface area contributed by atoms with Gasteiger partial charge in [0.1, 0.15) is 0 Å². The zero-order valence-electron chi connectivity index (χ0n) is 15.2. The first-order chi connectivity index (χ1) is 12.1. The second-order valence-electron chi connectivity index (χ2n) is 6.47. The number of nitrogens with zero attached hydrogens (tertiary/aromatic N) is 1. The Kier molecular flexibility index (Phi) is 5.51. The number of ether oxygens (including phenoxy) is 3. The van der Waals surface area contributed by atoms with E-state index in [0.29, 0.717) is 40.3 Å². The maximum Gasteiger partial charge on any atom is 0.322 e. The van der Waals surface area contributed by atoms with Crippen molar-refractivity contribution in [2.45, 2.75) is 43.0 Å². The molecule has 0 radical (unpaired) electrons. The van der Waals surface area contributed by atoms with Crippen LogP contribution in [0.15, 0.2) is 12.1 Å². The smallest absolute Gasteiger partial charge is 0.322 e. The lowest BCUT2D eigenvalue weighted by molar-refractivity contribution is 0.161. The standard InChI is InChI=1S/C18H26N2O4S/c1-22-15-7-11(8-16(23-2)17(15)24-3)19-18(21)20-12-5-6-13(20)10-14(9-12)25-4/h7-8,12-14H,5-6,9-10H2,1-4H3,(H,19,21). The Morgan fingerprint density at radius 3 is 2.08 bits per heavy atom. The van der Waals surface area contributed by atoms with Gasteiger partial charge in [-0.2, -0.15) is 11.8 Å². The molecule has 0 spiro atoms. The fraction of sp³-hybridized carbons (Fsp3) is 0.611. The number of nitrogens with one attached hydrogen (secondary N) is 1. The van der Waals surface area contributed by atoms with E-state index < -0.39 is 0 Å². The molecule has 0 aromatic heterocycles. The lowest BCUT2D eigenvalue weighted by Crippen LogP contribution is -2.49. The maximum atomic E-state index is 12.9. The van der Waals surface area contributed by atoms with Gasteiger partial charge in [0.2, 0.25) is 5.75 Å². The average molecular weight is 366 g/mol.